The quantitative estimate of drug-likeness (QED) is 0.487. The van der Waals surface area contributed by atoms with Gasteiger partial charge in [-0.25, -0.2) is 4.79 Å². The SMILES string of the molecule is O=C1O[C@@H]2CCCC2C1O. The van der Waals surface area contributed by atoms with E-state index in [0.29, 0.717) is 0 Å². The number of carbonyl (C=O) groups is 1. The molecule has 1 aliphatic carbocycles. The van der Waals surface area contributed by atoms with Gasteiger partial charge in [-0.3, -0.25) is 0 Å². The summed E-state index contributed by atoms with van der Waals surface area (Å²) in [6.45, 7) is 0. The molecular weight excluding hydrogens is 132 g/mol. The summed E-state index contributed by atoms with van der Waals surface area (Å²) >= 11 is 0. The fourth-order valence-electron chi connectivity index (χ4n) is 1.86. The summed E-state index contributed by atoms with van der Waals surface area (Å²) in [5.41, 5.74) is 0. The first kappa shape index (κ1) is 6.16. The molecule has 1 heterocycles. The van der Waals surface area contributed by atoms with Crippen LogP contribution < -0.4 is 0 Å². The van der Waals surface area contributed by atoms with E-state index < -0.39 is 12.1 Å². The number of fused-ring (bicyclic) bond motifs is 1. The normalized spacial score (nSPS) is 45.3. The topological polar surface area (TPSA) is 46.5 Å². The van der Waals surface area contributed by atoms with Crippen LogP contribution in [0.15, 0.2) is 0 Å². The molecule has 2 rings (SSSR count). The van der Waals surface area contributed by atoms with E-state index in [2.05, 4.69) is 0 Å². The van der Waals surface area contributed by atoms with Crippen molar-refractivity contribution in [3.05, 3.63) is 0 Å². The van der Waals surface area contributed by atoms with E-state index in [1.165, 1.54) is 0 Å². The Bertz CT molecular complexity index is 166. The Morgan fingerprint density at radius 3 is 3.00 bits per heavy atom. The van der Waals surface area contributed by atoms with Crippen LogP contribution >= 0.6 is 0 Å². The largest absolute Gasteiger partial charge is 0.460 e. The average Bonchev–Trinajstić information content (AvgIpc) is 2.41. The lowest BCUT2D eigenvalue weighted by Gasteiger charge is -2.05. The number of esters is 1. The van der Waals surface area contributed by atoms with Gasteiger partial charge in [0.15, 0.2) is 6.10 Å². The number of hydrogen-bond acceptors (Lipinski definition) is 3. The van der Waals surface area contributed by atoms with Gasteiger partial charge in [0, 0.05) is 5.92 Å². The first-order valence-corrected chi connectivity index (χ1v) is 3.67. The Hall–Kier alpha value is -0.570. The molecule has 0 aromatic carbocycles. The summed E-state index contributed by atoms with van der Waals surface area (Å²) in [5.74, 6) is -0.317. The van der Waals surface area contributed by atoms with Gasteiger partial charge < -0.3 is 9.84 Å². The Kier molecular flexibility index (Phi) is 1.20. The van der Waals surface area contributed by atoms with Crippen molar-refractivity contribution in [1.29, 1.82) is 0 Å². The highest BCUT2D eigenvalue weighted by atomic mass is 16.6. The third-order valence-electron chi connectivity index (χ3n) is 2.42. The number of carbonyl (C=O) groups excluding carboxylic acids is 1. The Balaban J connectivity index is 2.16. The number of hydrogen-bond donors (Lipinski definition) is 1. The van der Waals surface area contributed by atoms with E-state index >= 15 is 0 Å². The van der Waals surface area contributed by atoms with E-state index in [4.69, 9.17) is 4.74 Å². The van der Waals surface area contributed by atoms with E-state index in [0.717, 1.165) is 19.3 Å². The summed E-state index contributed by atoms with van der Waals surface area (Å²) in [7, 11) is 0. The molecule has 0 spiro atoms. The van der Waals surface area contributed by atoms with Gasteiger partial charge in [0.05, 0.1) is 0 Å². The van der Waals surface area contributed by atoms with Gasteiger partial charge in [0.2, 0.25) is 0 Å². The van der Waals surface area contributed by atoms with Gasteiger partial charge in [0.25, 0.3) is 0 Å². The van der Waals surface area contributed by atoms with Crippen molar-refractivity contribution in [2.45, 2.75) is 31.5 Å². The highest BCUT2D eigenvalue weighted by Crippen LogP contribution is 2.36. The van der Waals surface area contributed by atoms with Crippen LogP contribution in [-0.4, -0.2) is 23.3 Å². The van der Waals surface area contributed by atoms with E-state index in [9.17, 15) is 9.90 Å². The molecule has 3 heteroatoms. The molecule has 0 aromatic heterocycles. The number of aliphatic hydroxyl groups excluding tert-OH is 1. The van der Waals surface area contributed by atoms with E-state index in [1.54, 1.807) is 0 Å². The fourth-order valence-corrected chi connectivity index (χ4v) is 1.86. The van der Waals surface area contributed by atoms with Crippen LogP contribution in [0.2, 0.25) is 0 Å². The van der Waals surface area contributed by atoms with Crippen LogP contribution in [0, 0.1) is 5.92 Å². The summed E-state index contributed by atoms with van der Waals surface area (Å²) < 4.78 is 4.91. The van der Waals surface area contributed by atoms with Crippen molar-refractivity contribution in [2.75, 3.05) is 0 Å². The van der Waals surface area contributed by atoms with Crippen molar-refractivity contribution < 1.29 is 14.6 Å². The van der Waals surface area contributed by atoms with Gasteiger partial charge in [-0.15, -0.1) is 0 Å². The molecule has 2 fully saturated rings. The lowest BCUT2D eigenvalue weighted by molar-refractivity contribution is -0.147. The third kappa shape index (κ3) is 0.669. The average molecular weight is 142 g/mol. The minimum absolute atomic E-state index is 0.0301. The fraction of sp³-hybridized carbons (Fsp3) is 0.857. The van der Waals surface area contributed by atoms with E-state index in [-0.39, 0.29) is 12.0 Å². The number of ether oxygens (including phenoxy) is 1. The van der Waals surface area contributed by atoms with E-state index in [1.807, 2.05) is 0 Å². The summed E-state index contributed by atoms with van der Waals surface area (Å²) in [4.78, 5) is 10.7. The molecule has 10 heavy (non-hydrogen) atoms. The molecule has 2 unspecified atom stereocenters. The molecule has 1 saturated heterocycles. The lowest BCUT2D eigenvalue weighted by atomic mass is 10.0. The van der Waals surface area contributed by atoms with Gasteiger partial charge in [-0.2, -0.15) is 0 Å². The van der Waals surface area contributed by atoms with Crippen LogP contribution in [0.1, 0.15) is 19.3 Å². The maximum atomic E-state index is 10.7. The highest BCUT2D eigenvalue weighted by molar-refractivity contribution is 5.77. The van der Waals surface area contributed by atoms with Gasteiger partial charge in [-0.1, -0.05) is 0 Å². The van der Waals surface area contributed by atoms with Gasteiger partial charge >= 0.3 is 5.97 Å². The summed E-state index contributed by atoms with van der Waals surface area (Å²) in [6.07, 6.45) is 2.17. The minimum Gasteiger partial charge on any atom is -0.460 e. The number of rotatable bonds is 0. The van der Waals surface area contributed by atoms with Gasteiger partial charge in [0.1, 0.15) is 6.10 Å². The molecular formula is C7H10O3. The lowest BCUT2D eigenvalue weighted by Crippen LogP contribution is -2.21. The van der Waals surface area contributed by atoms with Crippen molar-refractivity contribution in [3.8, 4) is 0 Å². The van der Waals surface area contributed by atoms with Crippen LogP contribution in [0.4, 0.5) is 0 Å². The zero-order valence-corrected chi connectivity index (χ0v) is 5.62. The second-order valence-corrected chi connectivity index (χ2v) is 3.01. The zero-order chi connectivity index (χ0) is 7.14. The molecule has 0 aromatic rings. The molecule has 1 saturated carbocycles. The summed E-state index contributed by atoms with van der Waals surface area (Å²) in [6, 6.07) is 0. The van der Waals surface area contributed by atoms with Crippen molar-refractivity contribution >= 4 is 5.97 Å². The van der Waals surface area contributed by atoms with Crippen LogP contribution in [0.25, 0.3) is 0 Å². The smallest absolute Gasteiger partial charge is 0.335 e. The minimum atomic E-state index is -0.826. The van der Waals surface area contributed by atoms with Crippen LogP contribution in [0.5, 0.6) is 0 Å². The van der Waals surface area contributed by atoms with Crippen molar-refractivity contribution in [3.63, 3.8) is 0 Å². The van der Waals surface area contributed by atoms with Crippen LogP contribution in [-0.2, 0) is 9.53 Å². The van der Waals surface area contributed by atoms with Crippen LogP contribution in [0.3, 0.4) is 0 Å². The molecule has 0 radical (unpaired) electrons. The maximum absolute atomic E-state index is 10.7. The molecule has 1 N–H and O–H groups in total. The second-order valence-electron chi connectivity index (χ2n) is 3.01. The Morgan fingerprint density at radius 2 is 2.30 bits per heavy atom. The Labute approximate surface area is 59.0 Å². The molecule has 2 aliphatic rings. The van der Waals surface area contributed by atoms with Crippen molar-refractivity contribution in [1.82, 2.24) is 0 Å². The first-order valence-electron chi connectivity index (χ1n) is 3.67. The maximum Gasteiger partial charge on any atom is 0.335 e. The van der Waals surface area contributed by atoms with Crippen molar-refractivity contribution in [2.24, 2.45) is 5.92 Å². The second kappa shape index (κ2) is 1.95. The molecule has 3 atom stereocenters. The van der Waals surface area contributed by atoms with Gasteiger partial charge in [-0.05, 0) is 19.3 Å². The first-order chi connectivity index (χ1) is 4.79. The number of aliphatic hydroxyl groups is 1. The highest BCUT2D eigenvalue weighted by Gasteiger charge is 2.45. The third-order valence-corrected chi connectivity index (χ3v) is 2.42. The molecule has 1 aliphatic heterocycles. The predicted molar refractivity (Wildman–Crippen MR) is 33.2 cm³/mol. The summed E-state index contributed by atoms with van der Waals surface area (Å²) in [5, 5.41) is 9.19. The molecule has 56 valence electrons. The molecule has 3 nitrogen and oxygen atoms in total. The zero-order valence-electron chi connectivity index (χ0n) is 5.62. The molecule has 0 bridgehead atoms. The predicted octanol–water partition coefficient (Wildman–Crippen LogP) is 0.0728. The molecule has 0 amide bonds. The monoisotopic (exact) mass is 142 g/mol. The standard InChI is InChI=1S/C7H10O3/c8-6-4-2-1-3-5(4)10-7(6)9/h4-6,8H,1-3H2/t4?,5-,6?/m1/s1. The Morgan fingerprint density at radius 1 is 1.50 bits per heavy atom.